The van der Waals surface area contributed by atoms with E-state index in [1.54, 1.807) is 10.4 Å². The minimum Gasteiger partial charge on any atom is -0.321 e. The molecule has 7 rings (SSSR count). The molecule has 1 aromatic rings. The maximum Gasteiger partial charge on any atom is 0.247 e. The van der Waals surface area contributed by atoms with Crippen molar-refractivity contribution in [3.05, 3.63) is 24.3 Å². The number of fused-ring (bicyclic) bond motifs is 4. The topological polar surface area (TPSA) is 36.9 Å². The van der Waals surface area contributed by atoms with Crippen LogP contribution < -0.4 is 10.4 Å². The molecule has 1 aromatic carbocycles. The van der Waals surface area contributed by atoms with Gasteiger partial charge in [0.05, 0.1) is 42.6 Å². The molecule has 4 saturated carbocycles. The highest BCUT2D eigenvalue weighted by Gasteiger charge is 2.51. The summed E-state index contributed by atoms with van der Waals surface area (Å²) in [6.07, 6.45) is 11.1. The lowest BCUT2D eigenvalue weighted by atomic mass is 9.86. The van der Waals surface area contributed by atoms with Crippen LogP contribution in [0.2, 0.25) is 38.3 Å². The fourth-order valence-electron chi connectivity index (χ4n) is 10.1. The summed E-state index contributed by atoms with van der Waals surface area (Å²) in [5, 5.41) is 4.57. The van der Waals surface area contributed by atoms with Crippen LogP contribution in [0.5, 0.6) is 0 Å². The highest BCUT2D eigenvalue weighted by molar-refractivity contribution is 8.68. The fourth-order valence-corrected chi connectivity index (χ4v) is 27.3. The molecule has 6 aliphatic rings. The molecule has 50 heavy (non-hydrogen) atoms. The second kappa shape index (κ2) is 14.8. The molecule has 282 valence electrons. The van der Waals surface area contributed by atoms with Crippen LogP contribution in [0, 0.1) is 46.3 Å². The van der Waals surface area contributed by atoms with E-state index < -0.39 is 27.5 Å². The molecule has 12 heteroatoms. The Hall–Kier alpha value is 1.49. The van der Waals surface area contributed by atoms with Crippen molar-refractivity contribution >= 4 is 84.3 Å². The van der Waals surface area contributed by atoms with Gasteiger partial charge in [-0.25, -0.2) is 0 Å². The molecule has 2 aliphatic heterocycles. The number of benzene rings is 1. The lowest BCUT2D eigenvalue weighted by molar-refractivity contribution is 0.0670. The van der Waals surface area contributed by atoms with Gasteiger partial charge in [0.1, 0.15) is 0 Å². The van der Waals surface area contributed by atoms with Gasteiger partial charge in [0, 0.05) is 21.3 Å². The molecule has 6 fully saturated rings. The summed E-state index contributed by atoms with van der Waals surface area (Å²) in [5.74, 6) is 5.08. The summed E-state index contributed by atoms with van der Waals surface area (Å²) in [5.41, 5.74) is -4.23. The molecule has 4 aliphatic carbocycles. The third-order valence-electron chi connectivity index (χ3n) is 13.5. The zero-order valence-electron chi connectivity index (χ0n) is 32.0. The predicted molar refractivity (Wildman–Crippen MR) is 231 cm³/mol. The van der Waals surface area contributed by atoms with Gasteiger partial charge in [0.25, 0.3) is 0 Å². The van der Waals surface area contributed by atoms with Crippen molar-refractivity contribution in [2.24, 2.45) is 46.3 Å². The Morgan fingerprint density at radius 2 is 0.940 bits per heavy atom. The van der Waals surface area contributed by atoms with E-state index >= 15 is 0 Å². The van der Waals surface area contributed by atoms with Gasteiger partial charge in [-0.15, -0.1) is 0 Å². The Bertz CT molecular complexity index is 1350. The highest BCUT2D eigenvalue weighted by atomic mass is 32.9. The van der Waals surface area contributed by atoms with Crippen LogP contribution >= 0.6 is 34.2 Å². The van der Waals surface area contributed by atoms with E-state index in [0.717, 1.165) is 61.9 Å². The Labute approximate surface area is 325 Å². The van der Waals surface area contributed by atoms with Crippen molar-refractivity contribution in [3.8, 4) is 0 Å². The molecule has 0 aromatic heterocycles. The standard InChI is InChI=1S/C38H64O4P2S4Si2/c1-37(2)23-39-43(45,40-24-37)47-35-21-27-17-29(33(35)19-27)13-15-49(5,6)31-9-11-32(12-10-31)50(7,8)16-14-30-18-28-20-34(30)36(22-28)48-44(46)41-25-38(3,4)26-42-44/h9-12,27-30,33-36H,13-26H2,1-8H3. The van der Waals surface area contributed by atoms with Crippen LogP contribution in [0.4, 0.5) is 0 Å². The van der Waals surface area contributed by atoms with Crippen molar-refractivity contribution in [1.82, 2.24) is 0 Å². The Morgan fingerprint density at radius 3 is 1.26 bits per heavy atom. The van der Waals surface area contributed by atoms with E-state index in [1.165, 1.54) is 63.5 Å². The molecular weight excluding hydrogens is 767 g/mol. The monoisotopic (exact) mass is 830 g/mol. The molecule has 2 heterocycles. The van der Waals surface area contributed by atoms with Gasteiger partial charge in [0.15, 0.2) is 0 Å². The second-order valence-corrected chi connectivity index (χ2v) is 42.6. The minimum atomic E-state index is -2.20. The van der Waals surface area contributed by atoms with Crippen molar-refractivity contribution in [2.45, 2.75) is 128 Å². The first-order valence-electron chi connectivity index (χ1n) is 19.6. The second-order valence-electron chi connectivity index (χ2n) is 20.0. The quantitative estimate of drug-likeness (QED) is 0.152. The smallest absolute Gasteiger partial charge is 0.247 e. The number of hydrogen-bond donors (Lipinski definition) is 0. The molecule has 0 radical (unpaired) electrons. The van der Waals surface area contributed by atoms with E-state index in [0.29, 0.717) is 10.5 Å². The third kappa shape index (κ3) is 9.04. The van der Waals surface area contributed by atoms with E-state index in [-0.39, 0.29) is 10.8 Å². The van der Waals surface area contributed by atoms with Gasteiger partial charge in [0.2, 0.25) is 11.4 Å². The Kier molecular flexibility index (Phi) is 11.7. The van der Waals surface area contributed by atoms with Crippen molar-refractivity contribution in [2.75, 3.05) is 26.4 Å². The number of hydrogen-bond acceptors (Lipinski definition) is 8. The Balaban J connectivity index is 0.895. The first-order valence-corrected chi connectivity index (χ1v) is 34.2. The molecule has 4 nitrogen and oxygen atoms in total. The van der Waals surface area contributed by atoms with E-state index in [1.807, 2.05) is 22.8 Å². The summed E-state index contributed by atoms with van der Waals surface area (Å²) < 4.78 is 25.0. The molecular formula is C38H64O4P2S4Si2. The van der Waals surface area contributed by atoms with Gasteiger partial charge in [-0.3, -0.25) is 0 Å². The van der Waals surface area contributed by atoms with Gasteiger partial charge in [-0.1, -0.05) is 136 Å². The van der Waals surface area contributed by atoms with Crippen molar-refractivity contribution < 1.29 is 18.1 Å². The average Bonchev–Trinajstić information content (AvgIpc) is 3.84. The Morgan fingerprint density at radius 1 is 0.600 bits per heavy atom. The first-order chi connectivity index (χ1) is 23.3. The number of rotatable bonds is 12. The van der Waals surface area contributed by atoms with Crippen molar-refractivity contribution in [3.63, 3.8) is 0 Å². The SMILES string of the molecule is CC1(C)COP(=S)(SC2CC3CC(CC[Si](C)(C)c4ccc([Si](C)(C)CCC5CC6CC(SP7(=S)OCC(C)(C)CO7)C5C6)cc4)C2C3)OC1. The predicted octanol–water partition coefficient (Wildman–Crippen LogP) is 11.2. The molecule has 8 unspecified atom stereocenters. The van der Waals surface area contributed by atoms with Crippen LogP contribution in [0.3, 0.4) is 0 Å². The molecule has 8 atom stereocenters. The van der Waals surface area contributed by atoms with Gasteiger partial charge >= 0.3 is 0 Å². The van der Waals surface area contributed by atoms with Crippen LogP contribution in [-0.4, -0.2) is 53.1 Å². The van der Waals surface area contributed by atoms with Gasteiger partial charge in [-0.05, 0) is 97.6 Å². The van der Waals surface area contributed by atoms with E-state index in [9.17, 15) is 0 Å². The molecule has 2 saturated heterocycles. The largest absolute Gasteiger partial charge is 0.321 e. The maximum absolute atomic E-state index is 6.25. The lowest BCUT2D eigenvalue weighted by Gasteiger charge is -2.39. The summed E-state index contributed by atoms with van der Waals surface area (Å²) in [6.45, 7) is 22.3. The summed E-state index contributed by atoms with van der Waals surface area (Å²) >= 11 is 15.9. The molecule has 0 spiro atoms. The third-order valence-corrected chi connectivity index (χ3v) is 31.5. The van der Waals surface area contributed by atoms with Gasteiger partial charge < -0.3 is 18.1 Å². The summed E-state index contributed by atoms with van der Waals surface area (Å²) in [6, 6.07) is 13.0. The highest BCUT2D eigenvalue weighted by Crippen LogP contribution is 2.71. The normalized spacial score (nSPS) is 37.0. The minimum absolute atomic E-state index is 0.0840. The fraction of sp³-hybridized carbons (Fsp3) is 0.842. The molecule has 0 N–H and O–H groups in total. The lowest BCUT2D eigenvalue weighted by Crippen LogP contribution is -2.45. The zero-order chi connectivity index (χ0) is 35.7. The zero-order valence-corrected chi connectivity index (χ0v) is 39.0. The van der Waals surface area contributed by atoms with Crippen LogP contribution in [0.1, 0.15) is 79.1 Å². The van der Waals surface area contributed by atoms with Crippen LogP contribution in [0.15, 0.2) is 24.3 Å². The van der Waals surface area contributed by atoms with Gasteiger partial charge in [-0.2, -0.15) is 0 Å². The average molecular weight is 831 g/mol. The van der Waals surface area contributed by atoms with Crippen LogP contribution in [-0.2, 0) is 41.7 Å². The van der Waals surface area contributed by atoms with Crippen molar-refractivity contribution in [1.29, 1.82) is 0 Å². The first kappa shape index (κ1) is 39.7. The molecule has 4 bridgehead atoms. The van der Waals surface area contributed by atoms with E-state index in [2.05, 4.69) is 78.1 Å². The van der Waals surface area contributed by atoms with E-state index in [4.69, 9.17) is 41.7 Å². The van der Waals surface area contributed by atoms with Crippen LogP contribution in [0.25, 0.3) is 0 Å². The maximum atomic E-state index is 6.25. The summed E-state index contributed by atoms with van der Waals surface area (Å²) in [7, 11) is -3.05. The summed E-state index contributed by atoms with van der Waals surface area (Å²) in [4.78, 5) is 0. The molecule has 0 amide bonds.